The van der Waals surface area contributed by atoms with Crippen LogP contribution in [-0.4, -0.2) is 29.4 Å². The number of anilines is 1. The summed E-state index contributed by atoms with van der Waals surface area (Å²) in [6.07, 6.45) is 2.83. The number of piperidine rings is 1. The number of carbonyl (C=O) groups is 2. The van der Waals surface area contributed by atoms with E-state index in [1.807, 2.05) is 0 Å². The van der Waals surface area contributed by atoms with Gasteiger partial charge in [-0.05, 0) is 18.6 Å². The summed E-state index contributed by atoms with van der Waals surface area (Å²) < 4.78 is 0. The molecule has 1 saturated heterocycles. The maximum Gasteiger partial charge on any atom is 0.267 e. The molecule has 2 amide bonds. The molecule has 6 nitrogen and oxygen atoms in total. The van der Waals surface area contributed by atoms with Crippen LogP contribution in [-0.2, 0) is 4.79 Å². The van der Waals surface area contributed by atoms with Crippen LogP contribution in [0.15, 0.2) is 18.3 Å². The summed E-state index contributed by atoms with van der Waals surface area (Å²) in [4.78, 5) is 25.8. The predicted molar refractivity (Wildman–Crippen MR) is 62.4 cm³/mol. The highest BCUT2D eigenvalue weighted by Crippen LogP contribution is 2.13. The average Bonchev–Trinajstić information content (AvgIpc) is 2.32. The lowest BCUT2D eigenvalue weighted by Crippen LogP contribution is -2.41. The van der Waals surface area contributed by atoms with E-state index < -0.39 is 5.91 Å². The Morgan fingerprint density at radius 2 is 2.41 bits per heavy atom. The zero-order valence-corrected chi connectivity index (χ0v) is 9.27. The van der Waals surface area contributed by atoms with Crippen LogP contribution >= 0.6 is 0 Å². The number of amides is 2. The molecule has 0 radical (unpaired) electrons. The molecule has 1 atom stereocenters. The summed E-state index contributed by atoms with van der Waals surface area (Å²) in [6.45, 7) is 0.590. The van der Waals surface area contributed by atoms with Gasteiger partial charge in [0.1, 0.15) is 5.69 Å². The Morgan fingerprint density at radius 1 is 1.59 bits per heavy atom. The van der Waals surface area contributed by atoms with E-state index in [0.29, 0.717) is 13.0 Å². The summed E-state index contributed by atoms with van der Waals surface area (Å²) in [6, 6.07) is 3.55. The van der Waals surface area contributed by atoms with Crippen molar-refractivity contribution in [2.75, 3.05) is 11.9 Å². The van der Waals surface area contributed by atoms with Crippen LogP contribution in [0.25, 0.3) is 0 Å². The van der Waals surface area contributed by atoms with Gasteiger partial charge in [-0.15, -0.1) is 0 Å². The van der Waals surface area contributed by atoms with Crippen LogP contribution in [0, 0.1) is 0 Å². The number of hydrogen-bond donors (Lipinski definition) is 3. The van der Waals surface area contributed by atoms with Gasteiger partial charge in [-0.3, -0.25) is 14.6 Å². The lowest BCUT2D eigenvalue weighted by Gasteiger charge is -2.24. The molecular weight excluding hydrogens is 220 g/mol. The van der Waals surface area contributed by atoms with Crippen LogP contribution in [0.4, 0.5) is 5.69 Å². The third-order valence-corrected chi connectivity index (χ3v) is 2.65. The molecule has 2 heterocycles. The molecule has 1 aliphatic rings. The fourth-order valence-corrected chi connectivity index (χ4v) is 1.75. The first-order valence-electron chi connectivity index (χ1n) is 5.44. The predicted octanol–water partition coefficient (Wildman–Crippen LogP) is -0.129. The van der Waals surface area contributed by atoms with Crippen molar-refractivity contribution in [3.8, 4) is 0 Å². The van der Waals surface area contributed by atoms with Crippen molar-refractivity contribution in [3.05, 3.63) is 24.0 Å². The highest BCUT2D eigenvalue weighted by Gasteiger charge is 2.17. The minimum atomic E-state index is -0.550. The first-order chi connectivity index (χ1) is 8.15. The van der Waals surface area contributed by atoms with Gasteiger partial charge in [0.15, 0.2) is 0 Å². The number of aromatic nitrogens is 1. The Bertz CT molecular complexity index is 437. The normalized spacial score (nSPS) is 19.5. The van der Waals surface area contributed by atoms with Gasteiger partial charge in [0, 0.05) is 30.9 Å². The molecule has 1 aliphatic heterocycles. The number of pyridine rings is 1. The van der Waals surface area contributed by atoms with E-state index in [2.05, 4.69) is 15.6 Å². The summed E-state index contributed by atoms with van der Waals surface area (Å²) in [5.41, 5.74) is 6.17. The zero-order valence-electron chi connectivity index (χ0n) is 9.27. The smallest absolute Gasteiger partial charge is 0.267 e. The summed E-state index contributed by atoms with van der Waals surface area (Å²) in [5, 5.41) is 6.02. The lowest BCUT2D eigenvalue weighted by atomic mass is 10.1. The second-order valence-electron chi connectivity index (χ2n) is 3.98. The van der Waals surface area contributed by atoms with Crippen molar-refractivity contribution >= 4 is 17.5 Å². The van der Waals surface area contributed by atoms with Gasteiger partial charge in [0.05, 0.1) is 0 Å². The molecule has 1 unspecified atom stereocenters. The van der Waals surface area contributed by atoms with Crippen LogP contribution in [0.1, 0.15) is 23.3 Å². The van der Waals surface area contributed by atoms with E-state index >= 15 is 0 Å². The van der Waals surface area contributed by atoms with Crippen molar-refractivity contribution in [2.24, 2.45) is 5.73 Å². The number of nitrogens with zero attached hydrogens (tertiary/aromatic N) is 1. The minimum absolute atomic E-state index is 0.0793. The largest absolute Gasteiger partial charge is 0.380 e. The van der Waals surface area contributed by atoms with Gasteiger partial charge >= 0.3 is 0 Å². The first kappa shape index (κ1) is 11.4. The number of nitrogens with two attached hydrogens (primary N) is 1. The molecule has 0 saturated carbocycles. The quantitative estimate of drug-likeness (QED) is 0.678. The van der Waals surface area contributed by atoms with Crippen molar-refractivity contribution < 1.29 is 9.59 Å². The van der Waals surface area contributed by atoms with Crippen molar-refractivity contribution in [2.45, 2.75) is 18.9 Å². The molecule has 1 fully saturated rings. The van der Waals surface area contributed by atoms with Gasteiger partial charge in [-0.2, -0.15) is 0 Å². The molecule has 1 aromatic rings. The number of rotatable bonds is 3. The number of carbonyl (C=O) groups excluding carboxylic acids is 2. The van der Waals surface area contributed by atoms with Gasteiger partial charge in [0.25, 0.3) is 5.91 Å². The van der Waals surface area contributed by atoms with Gasteiger partial charge < -0.3 is 16.4 Å². The van der Waals surface area contributed by atoms with Crippen molar-refractivity contribution in [1.82, 2.24) is 10.3 Å². The monoisotopic (exact) mass is 234 g/mol. The summed E-state index contributed by atoms with van der Waals surface area (Å²) >= 11 is 0. The molecule has 0 aliphatic carbocycles. The van der Waals surface area contributed by atoms with Gasteiger partial charge in [-0.25, -0.2) is 0 Å². The summed E-state index contributed by atoms with van der Waals surface area (Å²) in [5.74, 6) is -0.471. The standard InChI is InChI=1S/C11H14N4O2/c12-11(17)9-5-7(3-4-13-9)15-8-1-2-10(16)14-6-8/h3-5,8H,1-2,6H2,(H2,12,17)(H,13,15)(H,14,16). The molecule has 0 spiro atoms. The topological polar surface area (TPSA) is 97.1 Å². The number of nitrogens with one attached hydrogen (secondary N) is 2. The zero-order chi connectivity index (χ0) is 12.3. The molecule has 0 bridgehead atoms. The first-order valence-corrected chi connectivity index (χ1v) is 5.44. The molecular formula is C11H14N4O2. The lowest BCUT2D eigenvalue weighted by molar-refractivity contribution is -0.122. The fraction of sp³-hybridized carbons (Fsp3) is 0.364. The number of hydrogen-bond acceptors (Lipinski definition) is 4. The Kier molecular flexibility index (Phi) is 3.22. The van der Waals surface area contributed by atoms with Gasteiger partial charge in [0.2, 0.25) is 5.91 Å². The van der Waals surface area contributed by atoms with Crippen LogP contribution in [0.2, 0.25) is 0 Å². The van der Waals surface area contributed by atoms with Gasteiger partial charge in [-0.1, -0.05) is 0 Å². The molecule has 90 valence electrons. The van der Waals surface area contributed by atoms with E-state index in [4.69, 9.17) is 5.73 Å². The maximum atomic E-state index is 11.0. The third kappa shape index (κ3) is 2.93. The molecule has 1 aromatic heterocycles. The van der Waals surface area contributed by atoms with E-state index in [1.165, 1.54) is 6.20 Å². The third-order valence-electron chi connectivity index (χ3n) is 2.65. The molecule has 6 heteroatoms. The second kappa shape index (κ2) is 4.82. The van der Waals surface area contributed by atoms with E-state index in [1.54, 1.807) is 12.1 Å². The minimum Gasteiger partial charge on any atom is -0.380 e. The van der Waals surface area contributed by atoms with Crippen LogP contribution in [0.5, 0.6) is 0 Å². The van der Waals surface area contributed by atoms with E-state index in [-0.39, 0.29) is 17.6 Å². The average molecular weight is 234 g/mol. The molecule has 4 N–H and O–H groups in total. The molecule has 17 heavy (non-hydrogen) atoms. The second-order valence-corrected chi connectivity index (χ2v) is 3.98. The van der Waals surface area contributed by atoms with Crippen molar-refractivity contribution in [1.29, 1.82) is 0 Å². The van der Waals surface area contributed by atoms with E-state index in [0.717, 1.165) is 12.1 Å². The Morgan fingerprint density at radius 3 is 3.06 bits per heavy atom. The van der Waals surface area contributed by atoms with E-state index in [9.17, 15) is 9.59 Å². The molecule has 2 rings (SSSR count). The fourth-order valence-electron chi connectivity index (χ4n) is 1.75. The highest BCUT2D eigenvalue weighted by atomic mass is 16.2. The van der Waals surface area contributed by atoms with Crippen LogP contribution < -0.4 is 16.4 Å². The Hall–Kier alpha value is -2.11. The molecule has 0 aromatic carbocycles. The summed E-state index contributed by atoms with van der Waals surface area (Å²) in [7, 11) is 0. The van der Waals surface area contributed by atoms with Crippen molar-refractivity contribution in [3.63, 3.8) is 0 Å². The highest BCUT2D eigenvalue weighted by molar-refractivity contribution is 5.91. The number of primary amides is 1. The SMILES string of the molecule is NC(=O)c1cc(NC2CCC(=O)NC2)ccn1. The Balaban J connectivity index is 2.01. The maximum absolute atomic E-state index is 11.0. The van der Waals surface area contributed by atoms with Crippen LogP contribution in [0.3, 0.4) is 0 Å². The Labute approximate surface area is 98.6 Å².